The number of rotatable bonds is 8. The molecule has 2 aromatic carbocycles. The Labute approximate surface area is 195 Å². The number of thioether (sulfide) groups is 1. The minimum atomic E-state index is -0.990. The number of methoxy groups -OCH3 is 1. The number of carboxylic acids is 1. The highest BCUT2D eigenvalue weighted by atomic mass is 32.2. The van der Waals surface area contributed by atoms with Gasteiger partial charge in [-0.25, -0.2) is 4.79 Å². The number of benzene rings is 2. The van der Waals surface area contributed by atoms with Crippen molar-refractivity contribution >= 4 is 40.8 Å². The Balaban J connectivity index is 1.85. The number of ether oxygens (including phenoxy) is 2. The average molecular weight is 467 g/mol. The average Bonchev–Trinajstić information content (AvgIpc) is 3.10. The first-order chi connectivity index (χ1) is 15.8. The second-order valence-electron chi connectivity index (χ2n) is 7.01. The summed E-state index contributed by atoms with van der Waals surface area (Å²) in [6.45, 7) is 5.35. The highest BCUT2D eigenvalue weighted by Gasteiger charge is 2.23. The van der Waals surface area contributed by atoms with Gasteiger partial charge in [0.25, 0.3) is 5.91 Å². The lowest BCUT2D eigenvalue weighted by atomic mass is 10.0. The topological polar surface area (TPSA) is 114 Å². The molecule has 2 N–H and O–H groups in total. The third kappa shape index (κ3) is 6.11. The summed E-state index contributed by atoms with van der Waals surface area (Å²) in [6, 6.07) is 10.0. The largest absolute Gasteiger partial charge is 0.493 e. The lowest BCUT2D eigenvalue weighted by Crippen LogP contribution is -2.23. The number of carbonyl (C=O) groups is 3. The molecule has 2 aromatic rings. The van der Waals surface area contributed by atoms with Gasteiger partial charge in [0.05, 0.1) is 17.6 Å². The maximum Gasteiger partial charge on any atom is 0.335 e. The molecule has 0 fully saturated rings. The molecule has 0 unspecified atom stereocenters. The van der Waals surface area contributed by atoms with E-state index in [0.717, 1.165) is 22.9 Å². The van der Waals surface area contributed by atoms with Gasteiger partial charge in [-0.3, -0.25) is 9.59 Å². The molecule has 0 saturated carbocycles. The number of amides is 2. The SMILES string of the molecule is C=CCc1cc(/C=C2/SC(NC(C)=O)=NC2=O)cc(OC)c1OCc1ccc(C(=O)O)cc1. The zero-order chi connectivity index (χ0) is 24.0. The second kappa shape index (κ2) is 10.6. The summed E-state index contributed by atoms with van der Waals surface area (Å²) in [4.78, 5) is 38.6. The van der Waals surface area contributed by atoms with E-state index in [0.29, 0.717) is 28.4 Å². The van der Waals surface area contributed by atoms with E-state index < -0.39 is 11.9 Å². The van der Waals surface area contributed by atoms with Gasteiger partial charge >= 0.3 is 5.97 Å². The number of allylic oxidation sites excluding steroid dienone is 1. The van der Waals surface area contributed by atoms with Gasteiger partial charge in [-0.2, -0.15) is 4.99 Å². The third-order valence-electron chi connectivity index (χ3n) is 4.52. The van der Waals surface area contributed by atoms with Crippen LogP contribution >= 0.6 is 11.8 Å². The summed E-state index contributed by atoms with van der Waals surface area (Å²) in [6.07, 6.45) is 3.90. The summed E-state index contributed by atoms with van der Waals surface area (Å²) < 4.78 is 11.6. The van der Waals surface area contributed by atoms with E-state index in [2.05, 4.69) is 16.9 Å². The lowest BCUT2D eigenvalue weighted by Gasteiger charge is -2.16. The summed E-state index contributed by atoms with van der Waals surface area (Å²) in [5, 5.41) is 11.8. The summed E-state index contributed by atoms with van der Waals surface area (Å²) in [5.74, 6) is -0.720. The summed E-state index contributed by atoms with van der Waals surface area (Å²) >= 11 is 1.09. The van der Waals surface area contributed by atoms with Crippen LogP contribution in [0.4, 0.5) is 0 Å². The molecule has 0 saturated heterocycles. The summed E-state index contributed by atoms with van der Waals surface area (Å²) in [5.41, 5.74) is 2.51. The Hall–Kier alpha value is -3.85. The Morgan fingerprint density at radius 1 is 1.24 bits per heavy atom. The minimum Gasteiger partial charge on any atom is -0.493 e. The van der Waals surface area contributed by atoms with E-state index in [9.17, 15) is 14.4 Å². The normalized spacial score (nSPS) is 14.1. The highest BCUT2D eigenvalue weighted by molar-refractivity contribution is 8.18. The van der Waals surface area contributed by atoms with Crippen LogP contribution in [0, 0.1) is 0 Å². The van der Waals surface area contributed by atoms with Gasteiger partial charge in [-0.15, -0.1) is 6.58 Å². The molecular weight excluding hydrogens is 444 g/mol. The number of carbonyl (C=O) groups excluding carboxylic acids is 2. The molecule has 9 heteroatoms. The number of aliphatic imine (C=N–C) groups is 1. The number of aromatic carboxylic acids is 1. The van der Waals surface area contributed by atoms with Crippen LogP contribution in [0.15, 0.2) is 59.0 Å². The molecule has 0 radical (unpaired) electrons. The monoisotopic (exact) mass is 466 g/mol. The van der Waals surface area contributed by atoms with E-state index >= 15 is 0 Å². The minimum absolute atomic E-state index is 0.200. The molecule has 0 aromatic heterocycles. The van der Waals surface area contributed by atoms with Crippen LogP contribution in [-0.2, 0) is 22.6 Å². The molecule has 0 atom stereocenters. The Bertz CT molecular complexity index is 1170. The van der Waals surface area contributed by atoms with Crippen LogP contribution in [-0.4, -0.2) is 35.2 Å². The van der Waals surface area contributed by atoms with E-state index in [4.69, 9.17) is 14.6 Å². The predicted octanol–water partition coefficient (Wildman–Crippen LogP) is 3.81. The number of nitrogens with zero attached hydrogens (tertiary/aromatic N) is 1. The van der Waals surface area contributed by atoms with Crippen molar-refractivity contribution in [3.63, 3.8) is 0 Å². The van der Waals surface area contributed by atoms with Crippen molar-refractivity contribution < 1.29 is 29.0 Å². The van der Waals surface area contributed by atoms with Gasteiger partial charge in [-0.1, -0.05) is 18.2 Å². The first kappa shape index (κ1) is 23.8. The van der Waals surface area contributed by atoms with Gasteiger partial charge in [0, 0.05) is 12.5 Å². The fourth-order valence-electron chi connectivity index (χ4n) is 3.05. The lowest BCUT2D eigenvalue weighted by molar-refractivity contribution is -0.117. The molecule has 0 aliphatic carbocycles. The van der Waals surface area contributed by atoms with Gasteiger partial charge in [0.2, 0.25) is 5.91 Å². The van der Waals surface area contributed by atoms with Crippen molar-refractivity contribution in [2.24, 2.45) is 4.99 Å². The zero-order valence-corrected chi connectivity index (χ0v) is 18.9. The molecular formula is C24H22N2O6S. The molecule has 3 rings (SSSR count). The number of carboxylic acid groups (broad SMARTS) is 1. The first-order valence-electron chi connectivity index (χ1n) is 9.87. The van der Waals surface area contributed by atoms with E-state index in [-0.39, 0.29) is 23.2 Å². The Morgan fingerprint density at radius 3 is 2.58 bits per heavy atom. The second-order valence-corrected chi connectivity index (χ2v) is 8.04. The van der Waals surface area contributed by atoms with Crippen LogP contribution in [0.5, 0.6) is 11.5 Å². The Morgan fingerprint density at radius 2 is 1.97 bits per heavy atom. The van der Waals surface area contributed by atoms with Crippen molar-refractivity contribution in [3.05, 3.63) is 76.2 Å². The number of hydrogen-bond acceptors (Lipinski definition) is 6. The van der Waals surface area contributed by atoms with Crippen molar-refractivity contribution in [3.8, 4) is 11.5 Å². The molecule has 2 amide bonds. The van der Waals surface area contributed by atoms with E-state index in [1.54, 1.807) is 30.4 Å². The maximum absolute atomic E-state index is 12.2. The fraction of sp³-hybridized carbons (Fsp3) is 0.167. The van der Waals surface area contributed by atoms with Crippen molar-refractivity contribution in [2.45, 2.75) is 20.0 Å². The number of amidine groups is 1. The molecule has 0 spiro atoms. The standard InChI is InChI=1S/C24H22N2O6S/c1-4-5-18-10-16(12-20-22(28)26-24(33-20)25-14(2)27)11-19(31-3)21(18)32-13-15-6-8-17(9-7-15)23(29)30/h4,6-12H,1,5,13H2,2-3H3,(H,29,30)(H,25,26,27,28)/b20-12+. The molecule has 0 bridgehead atoms. The van der Waals surface area contributed by atoms with E-state index in [1.807, 2.05) is 6.07 Å². The van der Waals surface area contributed by atoms with Crippen molar-refractivity contribution in [1.29, 1.82) is 0 Å². The molecule has 33 heavy (non-hydrogen) atoms. The van der Waals surface area contributed by atoms with Gasteiger partial charge in [0.15, 0.2) is 16.7 Å². The quantitative estimate of drug-likeness (QED) is 0.449. The molecule has 8 nitrogen and oxygen atoms in total. The number of hydrogen-bond donors (Lipinski definition) is 2. The summed E-state index contributed by atoms with van der Waals surface area (Å²) in [7, 11) is 1.52. The molecule has 170 valence electrons. The van der Waals surface area contributed by atoms with Crippen molar-refractivity contribution in [2.75, 3.05) is 7.11 Å². The third-order valence-corrected chi connectivity index (χ3v) is 5.42. The zero-order valence-electron chi connectivity index (χ0n) is 18.1. The smallest absolute Gasteiger partial charge is 0.335 e. The van der Waals surface area contributed by atoms with Crippen LogP contribution in [0.2, 0.25) is 0 Å². The molecule has 1 heterocycles. The molecule has 1 aliphatic heterocycles. The van der Waals surface area contributed by atoms with Crippen LogP contribution in [0.3, 0.4) is 0 Å². The van der Waals surface area contributed by atoms with Crippen LogP contribution in [0.1, 0.15) is 34.0 Å². The van der Waals surface area contributed by atoms with Gasteiger partial charge < -0.3 is 19.9 Å². The first-order valence-corrected chi connectivity index (χ1v) is 10.7. The van der Waals surface area contributed by atoms with Gasteiger partial charge in [-0.05, 0) is 59.7 Å². The predicted molar refractivity (Wildman–Crippen MR) is 126 cm³/mol. The molecule has 1 aliphatic rings. The maximum atomic E-state index is 12.2. The Kier molecular flexibility index (Phi) is 7.68. The van der Waals surface area contributed by atoms with E-state index in [1.165, 1.54) is 26.2 Å². The van der Waals surface area contributed by atoms with Gasteiger partial charge in [0.1, 0.15) is 6.61 Å². The van der Waals surface area contributed by atoms with Crippen LogP contribution in [0.25, 0.3) is 6.08 Å². The van der Waals surface area contributed by atoms with Crippen molar-refractivity contribution in [1.82, 2.24) is 5.32 Å². The highest BCUT2D eigenvalue weighted by Crippen LogP contribution is 2.36. The van der Waals surface area contributed by atoms with Crippen LogP contribution < -0.4 is 14.8 Å². The number of nitrogens with one attached hydrogen (secondary N) is 1. The fourth-order valence-corrected chi connectivity index (χ4v) is 3.91.